The molecule has 0 saturated heterocycles. The third kappa shape index (κ3) is 3.86. The molecule has 5 rings (SSSR count). The lowest BCUT2D eigenvalue weighted by atomic mass is 10.1. The predicted molar refractivity (Wildman–Crippen MR) is 119 cm³/mol. The van der Waals surface area contributed by atoms with Gasteiger partial charge in [0, 0.05) is 39.8 Å². The molecular weight excluding hydrogens is 412 g/mol. The molecule has 0 aliphatic heterocycles. The van der Waals surface area contributed by atoms with E-state index in [9.17, 15) is 4.79 Å². The van der Waals surface area contributed by atoms with E-state index in [0.29, 0.717) is 27.7 Å². The van der Waals surface area contributed by atoms with Crippen molar-refractivity contribution < 1.29 is 4.79 Å². The molecule has 5 aromatic rings. The summed E-state index contributed by atoms with van der Waals surface area (Å²) in [6.45, 7) is 0. The van der Waals surface area contributed by atoms with Crippen molar-refractivity contribution in [3.05, 3.63) is 95.8 Å². The first kappa shape index (κ1) is 18.9. The Morgan fingerprint density at radius 2 is 1.77 bits per heavy atom. The van der Waals surface area contributed by atoms with Gasteiger partial charge in [-0.3, -0.25) is 9.78 Å². The summed E-state index contributed by atoms with van der Waals surface area (Å²) in [5, 5.41) is 16.5. The van der Waals surface area contributed by atoms with Gasteiger partial charge in [-0.25, -0.2) is 0 Å². The van der Waals surface area contributed by atoms with Crippen molar-refractivity contribution in [3.63, 3.8) is 0 Å². The molecule has 0 atom stereocenters. The summed E-state index contributed by atoms with van der Waals surface area (Å²) in [5.41, 5.74) is 4.31. The number of hydrogen-bond acceptors (Lipinski definition) is 5. The van der Waals surface area contributed by atoms with E-state index in [1.54, 1.807) is 41.2 Å². The van der Waals surface area contributed by atoms with Crippen molar-refractivity contribution in [1.29, 1.82) is 0 Å². The van der Waals surface area contributed by atoms with Crippen LogP contribution in [-0.2, 0) is 0 Å². The molecule has 1 amide bonds. The Kier molecular flexibility index (Phi) is 4.86. The van der Waals surface area contributed by atoms with E-state index < -0.39 is 0 Å². The molecule has 8 heteroatoms. The quantitative estimate of drug-likeness (QED) is 0.448. The van der Waals surface area contributed by atoms with Crippen molar-refractivity contribution in [2.75, 3.05) is 5.32 Å². The fraction of sp³-hybridized carbons (Fsp3) is 0. The second-order valence-corrected chi connectivity index (χ2v) is 7.23. The van der Waals surface area contributed by atoms with Crippen molar-refractivity contribution in [1.82, 2.24) is 24.8 Å². The van der Waals surface area contributed by atoms with Gasteiger partial charge >= 0.3 is 0 Å². The Morgan fingerprint density at radius 3 is 2.55 bits per heavy atom. The zero-order valence-electron chi connectivity index (χ0n) is 16.1. The zero-order valence-corrected chi connectivity index (χ0v) is 16.9. The second kappa shape index (κ2) is 7.97. The average Bonchev–Trinajstić information content (AvgIpc) is 3.23. The Hall–Kier alpha value is -4.10. The predicted octanol–water partition coefficient (Wildman–Crippen LogP) is 4.76. The van der Waals surface area contributed by atoms with Gasteiger partial charge in [-0.05, 0) is 54.6 Å². The van der Waals surface area contributed by atoms with Crippen LogP contribution in [0.1, 0.15) is 10.4 Å². The molecule has 31 heavy (non-hydrogen) atoms. The molecule has 2 aromatic carbocycles. The zero-order chi connectivity index (χ0) is 21.2. The van der Waals surface area contributed by atoms with Crippen LogP contribution in [-0.4, -0.2) is 30.7 Å². The van der Waals surface area contributed by atoms with Gasteiger partial charge in [0.05, 0.1) is 5.69 Å². The number of anilines is 1. The maximum Gasteiger partial charge on any atom is 0.255 e. The number of aromatic nitrogens is 5. The van der Waals surface area contributed by atoms with Gasteiger partial charge in [0.2, 0.25) is 0 Å². The number of fused-ring (bicyclic) bond motifs is 1. The minimum Gasteiger partial charge on any atom is -0.322 e. The highest BCUT2D eigenvalue weighted by molar-refractivity contribution is 6.31. The van der Waals surface area contributed by atoms with E-state index in [-0.39, 0.29) is 5.91 Å². The Morgan fingerprint density at radius 1 is 0.903 bits per heavy atom. The van der Waals surface area contributed by atoms with E-state index in [0.717, 1.165) is 16.8 Å². The van der Waals surface area contributed by atoms with Gasteiger partial charge < -0.3 is 5.32 Å². The SMILES string of the molecule is O=C(Nc1ccc(-c2ccc3nnc(-c4cccnc4)n3n2)cc1)c1cccc(Cl)c1. The van der Waals surface area contributed by atoms with Crippen molar-refractivity contribution in [2.45, 2.75) is 0 Å². The van der Waals surface area contributed by atoms with Gasteiger partial charge in [-0.1, -0.05) is 29.8 Å². The molecule has 0 fully saturated rings. The standard InChI is InChI=1S/C23H15ClN6O/c24-18-5-1-3-16(13-18)23(31)26-19-8-6-15(7-9-19)20-10-11-21-27-28-22(30(21)29-20)17-4-2-12-25-14-17/h1-14H,(H,26,31). The third-order valence-corrected chi connectivity index (χ3v) is 4.94. The first-order chi connectivity index (χ1) is 15.2. The Bertz CT molecular complexity index is 1380. The molecule has 0 aliphatic rings. The van der Waals surface area contributed by atoms with Crippen LogP contribution >= 0.6 is 11.6 Å². The topological polar surface area (TPSA) is 85.1 Å². The lowest BCUT2D eigenvalue weighted by Crippen LogP contribution is -2.11. The summed E-state index contributed by atoms with van der Waals surface area (Å²) in [6, 6.07) is 21.8. The van der Waals surface area contributed by atoms with Gasteiger partial charge in [0.15, 0.2) is 11.5 Å². The van der Waals surface area contributed by atoms with Crippen LogP contribution in [0.2, 0.25) is 5.02 Å². The molecule has 7 nitrogen and oxygen atoms in total. The van der Waals surface area contributed by atoms with Gasteiger partial charge in [-0.2, -0.15) is 9.61 Å². The number of hydrogen-bond donors (Lipinski definition) is 1. The number of amides is 1. The first-order valence-electron chi connectivity index (χ1n) is 9.47. The highest BCUT2D eigenvalue weighted by Crippen LogP contribution is 2.23. The number of rotatable bonds is 4. The highest BCUT2D eigenvalue weighted by Gasteiger charge is 2.11. The van der Waals surface area contributed by atoms with Crippen LogP contribution in [0.3, 0.4) is 0 Å². The maximum absolute atomic E-state index is 12.4. The minimum atomic E-state index is -0.222. The van der Waals surface area contributed by atoms with Crippen molar-refractivity contribution in [2.24, 2.45) is 0 Å². The lowest BCUT2D eigenvalue weighted by molar-refractivity contribution is 0.102. The van der Waals surface area contributed by atoms with E-state index in [2.05, 4.69) is 20.5 Å². The number of halogens is 1. The molecule has 0 saturated carbocycles. The van der Waals surface area contributed by atoms with Crippen LogP contribution < -0.4 is 5.32 Å². The van der Waals surface area contributed by atoms with Crippen molar-refractivity contribution in [3.8, 4) is 22.6 Å². The molecule has 0 bridgehead atoms. The number of nitrogens with one attached hydrogen (secondary N) is 1. The summed E-state index contributed by atoms with van der Waals surface area (Å²) in [6.07, 6.45) is 3.43. The van der Waals surface area contributed by atoms with Crippen molar-refractivity contribution >= 4 is 28.8 Å². The highest BCUT2D eigenvalue weighted by atomic mass is 35.5. The minimum absolute atomic E-state index is 0.222. The summed E-state index contributed by atoms with van der Waals surface area (Å²) >= 11 is 5.96. The lowest BCUT2D eigenvalue weighted by Gasteiger charge is -2.07. The van der Waals surface area contributed by atoms with Gasteiger partial charge in [0.1, 0.15) is 0 Å². The summed E-state index contributed by atoms with van der Waals surface area (Å²) in [7, 11) is 0. The van der Waals surface area contributed by atoms with E-state index in [1.807, 2.05) is 48.5 Å². The molecule has 0 spiro atoms. The van der Waals surface area contributed by atoms with E-state index >= 15 is 0 Å². The Labute approximate surface area is 182 Å². The third-order valence-electron chi connectivity index (χ3n) is 4.71. The maximum atomic E-state index is 12.4. The number of pyridine rings is 1. The van der Waals surface area contributed by atoms with Gasteiger partial charge in [0.25, 0.3) is 5.91 Å². The number of benzene rings is 2. The second-order valence-electron chi connectivity index (χ2n) is 6.80. The first-order valence-corrected chi connectivity index (χ1v) is 9.85. The monoisotopic (exact) mass is 426 g/mol. The molecule has 3 heterocycles. The van der Waals surface area contributed by atoms with Gasteiger partial charge in [-0.15, -0.1) is 10.2 Å². The molecule has 0 unspecified atom stereocenters. The summed E-state index contributed by atoms with van der Waals surface area (Å²) in [5.74, 6) is 0.399. The smallest absolute Gasteiger partial charge is 0.255 e. The van der Waals surface area contributed by atoms with Crippen LogP contribution in [0.25, 0.3) is 28.3 Å². The Balaban J connectivity index is 1.41. The molecule has 150 valence electrons. The van der Waals surface area contributed by atoms with Crippen LogP contribution in [0, 0.1) is 0 Å². The van der Waals surface area contributed by atoms with Crippen LogP contribution in [0.4, 0.5) is 5.69 Å². The number of carbonyl (C=O) groups is 1. The number of nitrogens with zero attached hydrogens (tertiary/aromatic N) is 5. The van der Waals surface area contributed by atoms with Crippen LogP contribution in [0.15, 0.2) is 85.2 Å². The molecule has 3 aromatic heterocycles. The molecule has 0 aliphatic carbocycles. The summed E-state index contributed by atoms with van der Waals surface area (Å²) in [4.78, 5) is 16.5. The average molecular weight is 427 g/mol. The number of carbonyl (C=O) groups excluding carboxylic acids is 1. The fourth-order valence-corrected chi connectivity index (χ4v) is 3.37. The molecular formula is C23H15ClN6O. The van der Waals surface area contributed by atoms with E-state index in [4.69, 9.17) is 16.7 Å². The van der Waals surface area contributed by atoms with E-state index in [1.165, 1.54) is 0 Å². The van der Waals surface area contributed by atoms with Crippen LogP contribution in [0.5, 0.6) is 0 Å². The summed E-state index contributed by atoms with van der Waals surface area (Å²) < 4.78 is 1.70. The largest absolute Gasteiger partial charge is 0.322 e. The molecule has 1 N–H and O–H groups in total. The normalized spacial score (nSPS) is 10.9. The fourth-order valence-electron chi connectivity index (χ4n) is 3.18. The molecule has 0 radical (unpaired) electrons.